The van der Waals surface area contributed by atoms with Crippen LogP contribution in [0.5, 0.6) is 0 Å². The lowest BCUT2D eigenvalue weighted by molar-refractivity contribution is 0.0162. The maximum absolute atomic E-state index is 12.4. The van der Waals surface area contributed by atoms with E-state index >= 15 is 0 Å². The van der Waals surface area contributed by atoms with E-state index in [9.17, 15) is 4.79 Å². The van der Waals surface area contributed by atoms with Gasteiger partial charge in [0.15, 0.2) is 0 Å². The normalized spacial score (nSPS) is 16.4. The van der Waals surface area contributed by atoms with Crippen molar-refractivity contribution in [3.63, 3.8) is 0 Å². The quantitative estimate of drug-likeness (QED) is 0.891. The number of pyridine rings is 1. The molecule has 0 spiro atoms. The fraction of sp³-hybridized carbons (Fsp3) is 0.368. The maximum atomic E-state index is 12.4. The van der Waals surface area contributed by atoms with Gasteiger partial charge in [-0.15, -0.1) is 0 Å². The Kier molecular flexibility index (Phi) is 6.02. The van der Waals surface area contributed by atoms with Gasteiger partial charge in [0, 0.05) is 30.9 Å². The van der Waals surface area contributed by atoms with Crippen molar-refractivity contribution in [3.05, 3.63) is 64.4 Å². The number of rotatable bonds is 5. The molecule has 1 aliphatic heterocycles. The fourth-order valence-electron chi connectivity index (χ4n) is 2.94. The van der Waals surface area contributed by atoms with Crippen molar-refractivity contribution in [1.82, 2.24) is 15.2 Å². The molecule has 1 atom stereocenters. The molecule has 5 nitrogen and oxygen atoms in total. The van der Waals surface area contributed by atoms with E-state index in [2.05, 4.69) is 46.4 Å². The first-order chi connectivity index (χ1) is 12.1. The lowest BCUT2D eigenvalue weighted by Gasteiger charge is -2.35. The van der Waals surface area contributed by atoms with Crippen LogP contribution in [0.3, 0.4) is 0 Å². The molecule has 1 aromatic carbocycles. The van der Waals surface area contributed by atoms with Gasteiger partial charge in [-0.2, -0.15) is 0 Å². The van der Waals surface area contributed by atoms with Crippen molar-refractivity contribution in [3.8, 4) is 0 Å². The monoisotopic (exact) mass is 359 g/mol. The van der Waals surface area contributed by atoms with Gasteiger partial charge < -0.3 is 10.1 Å². The predicted octanol–water partition coefficient (Wildman–Crippen LogP) is 2.85. The summed E-state index contributed by atoms with van der Waals surface area (Å²) in [7, 11) is 0. The molecule has 0 saturated carbocycles. The van der Waals surface area contributed by atoms with E-state index < -0.39 is 0 Å². The minimum Gasteiger partial charge on any atom is -0.379 e. The number of benzene rings is 1. The van der Waals surface area contributed by atoms with Crippen LogP contribution in [0.4, 0.5) is 0 Å². The van der Waals surface area contributed by atoms with Crippen LogP contribution in [0.2, 0.25) is 5.02 Å². The number of ether oxygens (including phenoxy) is 1. The topological polar surface area (TPSA) is 54.5 Å². The summed E-state index contributed by atoms with van der Waals surface area (Å²) in [5.41, 5.74) is 2.74. The Morgan fingerprint density at radius 3 is 2.68 bits per heavy atom. The molecule has 3 rings (SSSR count). The Bertz CT molecular complexity index is 715. The van der Waals surface area contributed by atoms with Gasteiger partial charge in [0.05, 0.1) is 19.3 Å². The Balaban J connectivity index is 1.73. The van der Waals surface area contributed by atoms with Gasteiger partial charge in [0.2, 0.25) is 0 Å². The number of aromatic nitrogens is 1. The van der Waals surface area contributed by atoms with Gasteiger partial charge >= 0.3 is 0 Å². The number of carbonyl (C=O) groups excluding carboxylic acids is 1. The van der Waals surface area contributed by atoms with E-state index in [4.69, 9.17) is 16.3 Å². The molecule has 1 aliphatic rings. The van der Waals surface area contributed by atoms with Gasteiger partial charge in [-0.25, -0.2) is 0 Å². The van der Waals surface area contributed by atoms with Crippen LogP contribution < -0.4 is 5.32 Å². The van der Waals surface area contributed by atoms with Crippen molar-refractivity contribution in [1.29, 1.82) is 0 Å². The van der Waals surface area contributed by atoms with Crippen LogP contribution in [0.1, 0.15) is 27.7 Å². The van der Waals surface area contributed by atoms with Crippen molar-refractivity contribution in [2.24, 2.45) is 0 Å². The summed E-state index contributed by atoms with van der Waals surface area (Å²) < 4.78 is 5.46. The Morgan fingerprint density at radius 1 is 1.28 bits per heavy atom. The minimum atomic E-state index is -0.215. The number of nitrogens with zero attached hydrogens (tertiary/aromatic N) is 2. The molecular formula is C19H22ClN3O2. The second kappa shape index (κ2) is 8.43. The molecule has 0 bridgehead atoms. The van der Waals surface area contributed by atoms with Gasteiger partial charge in [-0.05, 0) is 24.6 Å². The minimum absolute atomic E-state index is 0.104. The summed E-state index contributed by atoms with van der Waals surface area (Å²) in [5, 5.41) is 3.50. The smallest absolute Gasteiger partial charge is 0.269 e. The molecule has 1 unspecified atom stereocenters. The van der Waals surface area contributed by atoms with Gasteiger partial charge in [0.25, 0.3) is 5.91 Å². The largest absolute Gasteiger partial charge is 0.379 e. The average Bonchev–Trinajstić information content (AvgIpc) is 2.64. The van der Waals surface area contributed by atoms with Crippen LogP contribution >= 0.6 is 11.6 Å². The van der Waals surface area contributed by atoms with E-state index in [0.717, 1.165) is 13.1 Å². The highest BCUT2D eigenvalue weighted by Crippen LogP contribution is 2.22. The average molecular weight is 360 g/mol. The molecule has 2 aromatic rings. The van der Waals surface area contributed by atoms with Crippen LogP contribution in [0.25, 0.3) is 0 Å². The highest BCUT2D eigenvalue weighted by atomic mass is 35.5. The molecule has 1 N–H and O–H groups in total. The first kappa shape index (κ1) is 17.9. The van der Waals surface area contributed by atoms with Crippen molar-refractivity contribution < 1.29 is 9.53 Å². The summed E-state index contributed by atoms with van der Waals surface area (Å²) in [4.78, 5) is 18.8. The van der Waals surface area contributed by atoms with Crippen molar-refractivity contribution in [2.45, 2.75) is 13.0 Å². The summed E-state index contributed by atoms with van der Waals surface area (Å²) >= 11 is 5.94. The first-order valence-corrected chi connectivity index (χ1v) is 8.79. The zero-order valence-corrected chi connectivity index (χ0v) is 15.0. The predicted molar refractivity (Wildman–Crippen MR) is 97.9 cm³/mol. The SMILES string of the molecule is Cc1ccc(C(CNC(=O)c2cc(Cl)ccn2)N2CCOCC2)cc1. The van der Waals surface area contributed by atoms with E-state index in [0.29, 0.717) is 30.5 Å². The highest BCUT2D eigenvalue weighted by molar-refractivity contribution is 6.30. The second-order valence-corrected chi connectivity index (χ2v) is 6.58. The molecule has 6 heteroatoms. The number of carbonyl (C=O) groups is 1. The lowest BCUT2D eigenvalue weighted by atomic mass is 10.0. The molecule has 0 radical (unpaired) electrons. The Hall–Kier alpha value is -1.95. The molecule has 1 saturated heterocycles. The van der Waals surface area contributed by atoms with Crippen LogP contribution in [-0.4, -0.2) is 48.6 Å². The van der Waals surface area contributed by atoms with E-state index in [1.165, 1.54) is 17.3 Å². The first-order valence-electron chi connectivity index (χ1n) is 8.41. The highest BCUT2D eigenvalue weighted by Gasteiger charge is 2.23. The summed E-state index contributed by atoms with van der Waals surface area (Å²) in [6, 6.07) is 11.8. The number of hydrogen-bond acceptors (Lipinski definition) is 4. The number of amides is 1. The molecule has 2 heterocycles. The third kappa shape index (κ3) is 4.78. The summed E-state index contributed by atoms with van der Waals surface area (Å²) in [6.45, 7) is 5.71. The molecule has 1 amide bonds. The van der Waals surface area contributed by atoms with E-state index in [-0.39, 0.29) is 11.9 Å². The maximum Gasteiger partial charge on any atom is 0.269 e. The fourth-order valence-corrected chi connectivity index (χ4v) is 3.10. The second-order valence-electron chi connectivity index (χ2n) is 6.14. The number of halogens is 1. The zero-order valence-electron chi connectivity index (χ0n) is 14.2. The molecular weight excluding hydrogens is 338 g/mol. The Morgan fingerprint density at radius 2 is 2.00 bits per heavy atom. The van der Waals surface area contributed by atoms with E-state index in [1.54, 1.807) is 12.1 Å². The third-order valence-electron chi connectivity index (χ3n) is 4.36. The molecule has 1 aromatic heterocycles. The Labute approximate surface area is 153 Å². The number of aryl methyl sites for hydroxylation is 1. The third-order valence-corrected chi connectivity index (χ3v) is 4.59. The van der Waals surface area contributed by atoms with Crippen molar-refractivity contribution in [2.75, 3.05) is 32.8 Å². The lowest BCUT2D eigenvalue weighted by Crippen LogP contribution is -2.43. The van der Waals surface area contributed by atoms with Crippen LogP contribution in [0.15, 0.2) is 42.6 Å². The van der Waals surface area contributed by atoms with Gasteiger partial charge in [0.1, 0.15) is 5.69 Å². The zero-order chi connectivity index (χ0) is 17.6. The summed E-state index contributed by atoms with van der Waals surface area (Å²) in [6.07, 6.45) is 1.54. The van der Waals surface area contributed by atoms with Crippen molar-refractivity contribution >= 4 is 17.5 Å². The van der Waals surface area contributed by atoms with Crippen LogP contribution in [-0.2, 0) is 4.74 Å². The van der Waals surface area contributed by atoms with Gasteiger partial charge in [-0.1, -0.05) is 41.4 Å². The van der Waals surface area contributed by atoms with Gasteiger partial charge in [-0.3, -0.25) is 14.7 Å². The molecule has 25 heavy (non-hydrogen) atoms. The number of nitrogens with one attached hydrogen (secondary N) is 1. The van der Waals surface area contributed by atoms with E-state index in [1.807, 2.05) is 0 Å². The number of hydrogen-bond donors (Lipinski definition) is 1. The molecule has 0 aliphatic carbocycles. The molecule has 1 fully saturated rings. The standard InChI is InChI=1S/C19H22ClN3O2/c1-14-2-4-15(5-3-14)18(23-8-10-25-11-9-23)13-22-19(24)17-12-16(20)6-7-21-17/h2-7,12,18H,8-11,13H2,1H3,(H,22,24). The molecule has 132 valence electrons. The number of morpholine rings is 1. The summed E-state index contributed by atoms with van der Waals surface area (Å²) in [5.74, 6) is -0.215. The van der Waals surface area contributed by atoms with Crippen LogP contribution in [0, 0.1) is 6.92 Å².